The van der Waals surface area contributed by atoms with Gasteiger partial charge in [-0.3, -0.25) is 0 Å². The number of nitrogens with zero attached hydrogens (tertiary/aromatic N) is 1. The maximum atomic E-state index is 9.77. The summed E-state index contributed by atoms with van der Waals surface area (Å²) in [5, 5.41) is 0. The summed E-state index contributed by atoms with van der Waals surface area (Å²) in [6.45, 7) is 3.89. The largest absolute Gasteiger partial charge is 0.137 e. The highest BCUT2D eigenvalue weighted by Crippen LogP contribution is 2.28. The van der Waals surface area contributed by atoms with Gasteiger partial charge in [-0.1, -0.05) is 0 Å². The first-order valence-electron chi connectivity index (χ1n) is 2.69. The van der Waals surface area contributed by atoms with Crippen molar-refractivity contribution in [1.82, 2.24) is 0 Å². The van der Waals surface area contributed by atoms with E-state index >= 15 is 0 Å². The van der Waals surface area contributed by atoms with Gasteiger partial charge in [0, 0.05) is 27.2 Å². The van der Waals surface area contributed by atoms with Crippen molar-refractivity contribution in [2.45, 2.75) is 25.0 Å². The normalized spacial score (nSPS) is 11.4. The van der Waals surface area contributed by atoms with E-state index in [4.69, 9.17) is 11.6 Å². The number of halogens is 1. The predicted octanol–water partition coefficient (Wildman–Crippen LogP) is 2.81. The van der Waals surface area contributed by atoms with Gasteiger partial charge in [-0.05, 0) is 20.3 Å². The third kappa shape index (κ3) is 4.73. The molecule has 0 aromatic carbocycles. The Labute approximate surface area is 64.5 Å². The number of hydrogen-bond acceptors (Lipinski definition) is 3. The third-order valence-corrected chi connectivity index (χ3v) is 1.94. The Morgan fingerprint density at radius 1 is 1.67 bits per heavy atom. The summed E-state index contributed by atoms with van der Waals surface area (Å²) in [7, 11) is 0. The van der Waals surface area contributed by atoms with Crippen LogP contribution in [0.3, 0.4) is 0 Å². The molecule has 0 spiro atoms. The van der Waals surface area contributed by atoms with Crippen LogP contribution < -0.4 is 0 Å². The van der Waals surface area contributed by atoms with Crippen LogP contribution in [0.5, 0.6) is 0 Å². The minimum absolute atomic E-state index is 0.0938. The van der Waals surface area contributed by atoms with Gasteiger partial charge >= 0.3 is 0 Å². The molecule has 0 rings (SSSR count). The van der Waals surface area contributed by atoms with Gasteiger partial charge in [0.15, 0.2) is 0 Å². The fraction of sp³-hybridized carbons (Fsp3) is 1.00. The van der Waals surface area contributed by atoms with Crippen molar-refractivity contribution < 1.29 is 0 Å². The minimum Gasteiger partial charge on any atom is -0.137 e. The zero-order valence-corrected chi connectivity index (χ0v) is 7.13. The van der Waals surface area contributed by atoms with Crippen molar-refractivity contribution in [3.8, 4) is 0 Å². The molecule has 0 amide bonds. The molecule has 54 valence electrons. The van der Waals surface area contributed by atoms with Crippen LogP contribution in [0, 0.1) is 4.91 Å². The summed E-state index contributed by atoms with van der Waals surface area (Å²) in [6.07, 6.45) is 0.810. The quantitative estimate of drug-likeness (QED) is 0.366. The second-order valence-electron chi connectivity index (χ2n) is 2.36. The third-order valence-electron chi connectivity index (χ3n) is 0.981. The van der Waals surface area contributed by atoms with Crippen molar-refractivity contribution in [2.75, 3.05) is 5.88 Å². The van der Waals surface area contributed by atoms with E-state index in [2.05, 4.69) is 4.58 Å². The highest BCUT2D eigenvalue weighted by atomic mass is 35.5. The molecule has 2 nitrogen and oxygen atoms in total. The Balaban J connectivity index is 3.55. The van der Waals surface area contributed by atoms with Gasteiger partial charge in [0.05, 0.1) is 0 Å². The molecule has 0 unspecified atom stereocenters. The summed E-state index contributed by atoms with van der Waals surface area (Å²) in [6, 6.07) is 0. The Morgan fingerprint density at radius 2 is 2.22 bits per heavy atom. The van der Waals surface area contributed by atoms with Crippen molar-refractivity contribution in [1.29, 1.82) is 0 Å². The molecular weight excluding hydrogens is 158 g/mol. The second-order valence-corrected chi connectivity index (χ2v) is 4.18. The first kappa shape index (κ1) is 9.24. The van der Waals surface area contributed by atoms with Crippen LogP contribution in [0.25, 0.3) is 0 Å². The maximum Gasteiger partial charge on any atom is 0.0367 e. The monoisotopic (exact) mass is 167 g/mol. The van der Waals surface area contributed by atoms with Gasteiger partial charge in [0.2, 0.25) is 0 Å². The summed E-state index contributed by atoms with van der Waals surface area (Å²) in [5.41, 5.74) is 0. The fourth-order valence-electron chi connectivity index (χ4n) is 0.374. The molecule has 0 heterocycles. The van der Waals surface area contributed by atoms with Gasteiger partial charge in [-0.2, -0.15) is 0 Å². The lowest BCUT2D eigenvalue weighted by Gasteiger charge is -2.16. The number of hydrogen-bond donors (Lipinski definition) is 0. The smallest absolute Gasteiger partial charge is 0.0367 e. The first-order chi connectivity index (χ1) is 4.12. The average Bonchev–Trinajstić information content (AvgIpc) is 1.64. The van der Waals surface area contributed by atoms with Crippen LogP contribution in [0.2, 0.25) is 0 Å². The van der Waals surface area contributed by atoms with E-state index in [0.717, 1.165) is 18.4 Å². The standard InChI is InChI=1S/C5H10ClNOS/c1-5(2,3-4-6)9-7-8/h3-4H2,1-2H3. The fourth-order valence-corrected chi connectivity index (χ4v) is 1.35. The Bertz CT molecular complexity index is 97.0. The van der Waals surface area contributed by atoms with Crippen molar-refractivity contribution in [2.24, 2.45) is 4.58 Å². The number of nitroso groups, excluding NO2 is 1. The molecule has 0 aromatic heterocycles. The summed E-state index contributed by atoms with van der Waals surface area (Å²) in [5.74, 6) is 0.579. The van der Waals surface area contributed by atoms with Gasteiger partial charge in [0.1, 0.15) is 0 Å². The summed E-state index contributed by atoms with van der Waals surface area (Å²) in [4.78, 5) is 9.77. The SMILES string of the molecule is CC(C)(CCCl)SN=O. The highest BCUT2D eigenvalue weighted by molar-refractivity contribution is 7.99. The Morgan fingerprint density at radius 3 is 2.56 bits per heavy atom. The Kier molecular flexibility index (Phi) is 4.23. The lowest BCUT2D eigenvalue weighted by atomic mass is 10.1. The summed E-state index contributed by atoms with van der Waals surface area (Å²) >= 11 is 6.51. The van der Waals surface area contributed by atoms with E-state index in [1.807, 2.05) is 13.8 Å². The molecule has 9 heavy (non-hydrogen) atoms. The molecule has 0 saturated heterocycles. The topological polar surface area (TPSA) is 29.4 Å². The van der Waals surface area contributed by atoms with Crippen LogP contribution in [0.4, 0.5) is 0 Å². The van der Waals surface area contributed by atoms with E-state index in [9.17, 15) is 4.91 Å². The van der Waals surface area contributed by atoms with Crippen LogP contribution >= 0.6 is 23.5 Å². The number of alkyl halides is 1. The molecule has 0 saturated carbocycles. The van der Waals surface area contributed by atoms with Gasteiger partial charge in [0.25, 0.3) is 0 Å². The average molecular weight is 168 g/mol. The lowest BCUT2D eigenvalue weighted by Crippen LogP contribution is -2.13. The minimum atomic E-state index is -0.0938. The lowest BCUT2D eigenvalue weighted by molar-refractivity contribution is 0.689. The molecule has 0 bridgehead atoms. The predicted molar refractivity (Wildman–Crippen MR) is 42.8 cm³/mol. The first-order valence-corrected chi connectivity index (χ1v) is 4.00. The molecule has 0 aliphatic rings. The van der Waals surface area contributed by atoms with E-state index in [1.165, 1.54) is 0 Å². The van der Waals surface area contributed by atoms with Crippen LogP contribution in [-0.2, 0) is 0 Å². The molecule has 0 aliphatic heterocycles. The molecule has 0 fully saturated rings. The molecule has 0 aromatic rings. The van der Waals surface area contributed by atoms with Crippen molar-refractivity contribution in [3.05, 3.63) is 4.91 Å². The molecule has 0 aliphatic carbocycles. The van der Waals surface area contributed by atoms with Crippen LogP contribution in [0.1, 0.15) is 20.3 Å². The zero-order chi connectivity index (χ0) is 7.33. The molecule has 4 heteroatoms. The summed E-state index contributed by atoms with van der Waals surface area (Å²) < 4.78 is 2.64. The highest BCUT2D eigenvalue weighted by Gasteiger charge is 2.17. The molecular formula is C5H10ClNOS. The maximum absolute atomic E-state index is 9.77. The van der Waals surface area contributed by atoms with E-state index in [0.29, 0.717) is 5.88 Å². The van der Waals surface area contributed by atoms with Gasteiger partial charge in [-0.25, -0.2) is 0 Å². The van der Waals surface area contributed by atoms with Gasteiger partial charge in [-0.15, -0.1) is 16.5 Å². The van der Waals surface area contributed by atoms with Crippen LogP contribution in [0.15, 0.2) is 4.58 Å². The zero-order valence-electron chi connectivity index (χ0n) is 5.56. The van der Waals surface area contributed by atoms with E-state index in [-0.39, 0.29) is 4.75 Å². The second kappa shape index (κ2) is 4.12. The Hall–Kier alpha value is 0.240. The number of rotatable bonds is 4. The molecule has 0 atom stereocenters. The van der Waals surface area contributed by atoms with Crippen LogP contribution in [-0.4, -0.2) is 10.6 Å². The molecule has 0 N–H and O–H groups in total. The van der Waals surface area contributed by atoms with E-state index < -0.39 is 0 Å². The molecule has 0 radical (unpaired) electrons. The van der Waals surface area contributed by atoms with Gasteiger partial charge < -0.3 is 0 Å². The van der Waals surface area contributed by atoms with Crippen molar-refractivity contribution >= 4 is 23.5 Å². The van der Waals surface area contributed by atoms with E-state index in [1.54, 1.807) is 0 Å². The van der Waals surface area contributed by atoms with Crippen molar-refractivity contribution in [3.63, 3.8) is 0 Å².